The summed E-state index contributed by atoms with van der Waals surface area (Å²) in [4.78, 5) is 12.2. The maximum Gasteiger partial charge on any atom is 0.308 e. The standard InChI is InChI=1S/C21H44O6SSi/c1-11-12-13-17(27-29(9,10)21(5,6)7)14-15-18(26-28(8,23)24)16-19(22)25-20(2,3)4/h17-18H,11-16H2,1-10H3/t17-,18-/m0/s1. The second kappa shape index (κ2) is 11.3. The number of ether oxygens (including phenoxy) is 1. The quantitative estimate of drug-likeness (QED) is 0.223. The zero-order valence-corrected chi connectivity index (χ0v) is 22.1. The number of esters is 1. The molecular formula is C21H44O6SSi. The fraction of sp³-hybridized carbons (Fsp3) is 0.952. The lowest BCUT2D eigenvalue weighted by atomic mass is 10.0. The van der Waals surface area contributed by atoms with Crippen LogP contribution in [0, 0.1) is 0 Å². The van der Waals surface area contributed by atoms with Crippen LogP contribution in [0.1, 0.15) is 87.0 Å². The first kappa shape index (κ1) is 28.6. The molecule has 0 aromatic heterocycles. The molecule has 0 N–H and O–H groups in total. The molecule has 29 heavy (non-hydrogen) atoms. The Morgan fingerprint density at radius 2 is 1.48 bits per heavy atom. The molecule has 0 aliphatic heterocycles. The average Bonchev–Trinajstić information content (AvgIpc) is 2.44. The fourth-order valence-corrected chi connectivity index (χ4v) is 4.74. The first-order valence-electron chi connectivity index (χ1n) is 10.6. The third-order valence-electron chi connectivity index (χ3n) is 5.08. The van der Waals surface area contributed by atoms with Gasteiger partial charge in [0.2, 0.25) is 0 Å². The molecule has 0 heterocycles. The normalized spacial score (nSPS) is 15.8. The van der Waals surface area contributed by atoms with Crippen LogP contribution < -0.4 is 0 Å². The first-order chi connectivity index (χ1) is 12.9. The Morgan fingerprint density at radius 1 is 0.966 bits per heavy atom. The predicted molar refractivity (Wildman–Crippen MR) is 121 cm³/mol. The van der Waals surface area contributed by atoms with Crippen LogP contribution in [0.3, 0.4) is 0 Å². The van der Waals surface area contributed by atoms with E-state index in [1.54, 1.807) is 20.8 Å². The molecule has 0 aliphatic carbocycles. The zero-order chi connectivity index (χ0) is 23.1. The highest BCUT2D eigenvalue weighted by atomic mass is 32.2. The molecule has 0 radical (unpaired) electrons. The Morgan fingerprint density at radius 3 is 1.90 bits per heavy atom. The predicted octanol–water partition coefficient (Wildman–Crippen LogP) is 5.42. The second-order valence-corrected chi connectivity index (χ2v) is 16.8. The van der Waals surface area contributed by atoms with Crippen molar-refractivity contribution >= 4 is 24.4 Å². The van der Waals surface area contributed by atoms with Gasteiger partial charge in [0.05, 0.1) is 18.8 Å². The Hall–Kier alpha value is -0.443. The molecule has 6 nitrogen and oxygen atoms in total. The first-order valence-corrected chi connectivity index (χ1v) is 15.4. The van der Waals surface area contributed by atoms with Gasteiger partial charge in [0.25, 0.3) is 10.1 Å². The van der Waals surface area contributed by atoms with Gasteiger partial charge in [0, 0.05) is 6.10 Å². The monoisotopic (exact) mass is 452 g/mol. The molecule has 0 unspecified atom stereocenters. The van der Waals surface area contributed by atoms with Crippen molar-refractivity contribution in [3.05, 3.63) is 0 Å². The van der Waals surface area contributed by atoms with E-state index in [0.29, 0.717) is 12.8 Å². The van der Waals surface area contributed by atoms with E-state index in [2.05, 4.69) is 40.8 Å². The Kier molecular flexibility index (Phi) is 11.1. The van der Waals surface area contributed by atoms with Crippen molar-refractivity contribution in [2.45, 2.75) is 123 Å². The van der Waals surface area contributed by atoms with Gasteiger partial charge in [-0.15, -0.1) is 0 Å². The molecule has 0 aromatic carbocycles. The second-order valence-electron chi connectivity index (χ2n) is 10.4. The van der Waals surface area contributed by atoms with Crippen molar-refractivity contribution in [2.24, 2.45) is 0 Å². The SMILES string of the molecule is CCCC[C@@H](CC[C@@H](CC(=O)OC(C)(C)C)OS(C)(=O)=O)O[Si](C)(C)C(C)(C)C. The lowest BCUT2D eigenvalue weighted by Crippen LogP contribution is -2.44. The summed E-state index contributed by atoms with van der Waals surface area (Å²) in [5, 5.41) is 0.0939. The maximum absolute atomic E-state index is 12.2. The van der Waals surface area contributed by atoms with Gasteiger partial charge < -0.3 is 9.16 Å². The van der Waals surface area contributed by atoms with Crippen LogP contribution in [-0.4, -0.2) is 46.8 Å². The molecule has 0 aromatic rings. The summed E-state index contributed by atoms with van der Waals surface area (Å²) in [5.41, 5.74) is -0.623. The number of hydrogen-bond acceptors (Lipinski definition) is 6. The summed E-state index contributed by atoms with van der Waals surface area (Å²) >= 11 is 0. The van der Waals surface area contributed by atoms with E-state index < -0.39 is 36.1 Å². The highest BCUT2D eigenvalue weighted by molar-refractivity contribution is 7.86. The molecule has 2 atom stereocenters. The molecule has 174 valence electrons. The Balaban J connectivity index is 5.21. The minimum atomic E-state index is -3.68. The highest BCUT2D eigenvalue weighted by Gasteiger charge is 2.39. The van der Waals surface area contributed by atoms with Crippen LogP contribution in [0.2, 0.25) is 18.1 Å². The van der Waals surface area contributed by atoms with E-state index in [9.17, 15) is 13.2 Å². The molecule has 0 aliphatic rings. The fourth-order valence-electron chi connectivity index (χ4n) is 2.66. The summed E-state index contributed by atoms with van der Waals surface area (Å²) < 4.78 is 40.5. The van der Waals surface area contributed by atoms with E-state index in [1.165, 1.54) is 0 Å². The smallest absolute Gasteiger partial charge is 0.308 e. The minimum Gasteiger partial charge on any atom is -0.460 e. The van der Waals surface area contributed by atoms with Crippen molar-refractivity contribution in [1.29, 1.82) is 0 Å². The molecule has 0 amide bonds. The van der Waals surface area contributed by atoms with Gasteiger partial charge in [-0.1, -0.05) is 40.5 Å². The number of carbonyl (C=O) groups is 1. The van der Waals surface area contributed by atoms with Gasteiger partial charge in [-0.25, -0.2) is 0 Å². The van der Waals surface area contributed by atoms with Crippen molar-refractivity contribution in [3.63, 3.8) is 0 Å². The summed E-state index contributed by atoms with van der Waals surface area (Å²) in [7, 11) is -5.63. The van der Waals surface area contributed by atoms with E-state index >= 15 is 0 Å². The molecule has 0 spiro atoms. The molecule has 0 saturated carbocycles. The largest absolute Gasteiger partial charge is 0.460 e. The Labute approximate surface area is 180 Å². The summed E-state index contributed by atoms with van der Waals surface area (Å²) in [6, 6.07) is 0. The zero-order valence-electron chi connectivity index (χ0n) is 20.3. The van der Waals surface area contributed by atoms with Crippen LogP contribution in [-0.2, 0) is 28.3 Å². The topological polar surface area (TPSA) is 78.9 Å². The van der Waals surface area contributed by atoms with Gasteiger partial charge in [0.1, 0.15) is 5.60 Å². The van der Waals surface area contributed by atoms with E-state index in [4.69, 9.17) is 13.3 Å². The lowest BCUT2D eigenvalue weighted by Gasteiger charge is -2.39. The summed E-state index contributed by atoms with van der Waals surface area (Å²) in [6.07, 6.45) is 4.31. The van der Waals surface area contributed by atoms with Crippen LogP contribution in [0.15, 0.2) is 0 Å². The summed E-state index contributed by atoms with van der Waals surface area (Å²) in [6.45, 7) is 18.5. The third-order valence-corrected chi connectivity index (χ3v) is 10.2. The molecule has 0 bridgehead atoms. The molecule has 0 saturated heterocycles. The highest BCUT2D eigenvalue weighted by Crippen LogP contribution is 2.38. The van der Waals surface area contributed by atoms with Gasteiger partial charge in [-0.3, -0.25) is 8.98 Å². The van der Waals surface area contributed by atoms with E-state index in [-0.39, 0.29) is 17.6 Å². The van der Waals surface area contributed by atoms with Gasteiger partial charge in [0.15, 0.2) is 8.32 Å². The number of rotatable bonds is 12. The van der Waals surface area contributed by atoms with E-state index in [1.807, 2.05) is 0 Å². The van der Waals surface area contributed by atoms with Crippen molar-refractivity contribution < 1.29 is 26.6 Å². The maximum atomic E-state index is 12.2. The number of carbonyl (C=O) groups excluding carboxylic acids is 1. The van der Waals surface area contributed by atoms with Crippen LogP contribution in [0.5, 0.6) is 0 Å². The van der Waals surface area contributed by atoms with Gasteiger partial charge in [-0.05, 0) is 58.2 Å². The van der Waals surface area contributed by atoms with Crippen molar-refractivity contribution in [1.82, 2.24) is 0 Å². The molecule has 0 fully saturated rings. The molecule has 8 heteroatoms. The number of hydrogen-bond donors (Lipinski definition) is 0. The summed E-state index contributed by atoms with van der Waals surface area (Å²) in [5.74, 6) is -0.457. The third kappa shape index (κ3) is 13.5. The van der Waals surface area contributed by atoms with Crippen LogP contribution in [0.4, 0.5) is 0 Å². The van der Waals surface area contributed by atoms with Crippen LogP contribution in [0.25, 0.3) is 0 Å². The van der Waals surface area contributed by atoms with Gasteiger partial charge in [-0.2, -0.15) is 8.42 Å². The van der Waals surface area contributed by atoms with Crippen molar-refractivity contribution in [2.75, 3.05) is 6.26 Å². The number of unbranched alkanes of at least 4 members (excludes halogenated alkanes) is 1. The van der Waals surface area contributed by atoms with Gasteiger partial charge >= 0.3 is 5.97 Å². The minimum absolute atomic E-state index is 0.0279. The van der Waals surface area contributed by atoms with Crippen LogP contribution >= 0.6 is 0 Å². The average molecular weight is 453 g/mol. The lowest BCUT2D eigenvalue weighted by molar-refractivity contribution is -0.156. The van der Waals surface area contributed by atoms with Crippen molar-refractivity contribution in [3.8, 4) is 0 Å². The molecule has 0 rings (SSSR count). The Bertz CT molecular complexity index is 602. The molecular weight excluding hydrogens is 408 g/mol. The van der Waals surface area contributed by atoms with E-state index in [0.717, 1.165) is 25.5 Å².